The Labute approximate surface area is 115 Å². The van der Waals surface area contributed by atoms with Crippen molar-refractivity contribution in [2.45, 2.75) is 25.9 Å². The number of piperidine rings is 1. The van der Waals surface area contributed by atoms with Gasteiger partial charge in [-0.15, -0.1) is 0 Å². The van der Waals surface area contributed by atoms with E-state index in [4.69, 9.17) is 4.74 Å². The molecule has 1 heterocycles. The van der Waals surface area contributed by atoms with E-state index in [0.717, 1.165) is 24.9 Å². The minimum Gasteiger partial charge on any atom is -1.00 e. The lowest BCUT2D eigenvalue weighted by Gasteiger charge is -2.26. The molecule has 1 saturated heterocycles. The quantitative estimate of drug-likeness (QED) is 0.620. The van der Waals surface area contributed by atoms with Gasteiger partial charge in [0.25, 0.3) is 0 Å². The normalized spacial score (nSPS) is 23.0. The van der Waals surface area contributed by atoms with Crippen molar-refractivity contribution in [3.8, 4) is 0 Å². The van der Waals surface area contributed by atoms with E-state index < -0.39 is 0 Å². The van der Waals surface area contributed by atoms with Gasteiger partial charge < -0.3 is 22.0 Å². The van der Waals surface area contributed by atoms with Gasteiger partial charge in [-0.05, 0) is 25.5 Å². The molecule has 0 radical (unpaired) electrons. The van der Waals surface area contributed by atoms with E-state index in [1.54, 1.807) is 0 Å². The zero-order valence-electron chi connectivity index (χ0n) is 10.9. The van der Waals surface area contributed by atoms with Crippen LogP contribution >= 0.6 is 0 Å². The van der Waals surface area contributed by atoms with Gasteiger partial charge in [0, 0.05) is 6.42 Å². The summed E-state index contributed by atoms with van der Waals surface area (Å²) in [7, 11) is 2.14. The molecular formula is C14H20ClNO2. The van der Waals surface area contributed by atoms with Crippen LogP contribution < -0.4 is 17.3 Å². The Hall–Kier alpha value is -1.06. The maximum Gasteiger partial charge on any atom is 0.338 e. The molecule has 1 aliphatic rings. The number of carbonyl (C=O) groups is 1. The summed E-state index contributed by atoms with van der Waals surface area (Å²) in [6, 6.07) is 7.54. The smallest absolute Gasteiger partial charge is 0.338 e. The van der Waals surface area contributed by atoms with Crippen molar-refractivity contribution < 1.29 is 26.8 Å². The number of nitrogens with one attached hydrogen (secondary N) is 1. The second-order valence-corrected chi connectivity index (χ2v) is 4.95. The Morgan fingerprint density at radius 2 is 2.00 bits per heavy atom. The van der Waals surface area contributed by atoms with E-state index in [-0.39, 0.29) is 24.5 Å². The van der Waals surface area contributed by atoms with Gasteiger partial charge in [0.1, 0.15) is 6.54 Å². The predicted molar refractivity (Wildman–Crippen MR) is 66.2 cm³/mol. The standard InChI is InChI=1S/C14H19NO2.ClH/c1-11-5-7-12(8-6-11)14(16)17-13-4-3-9-15(2)10-13;/h5-8,13H,3-4,9-10H2,1-2H3;1H. The van der Waals surface area contributed by atoms with Crippen LogP contribution in [0, 0.1) is 6.92 Å². The molecule has 1 aromatic rings. The molecule has 0 saturated carbocycles. The highest BCUT2D eigenvalue weighted by atomic mass is 35.5. The molecule has 3 nitrogen and oxygen atoms in total. The average Bonchev–Trinajstić information content (AvgIpc) is 2.29. The van der Waals surface area contributed by atoms with Crippen LogP contribution in [0.15, 0.2) is 24.3 Å². The van der Waals surface area contributed by atoms with E-state index in [9.17, 15) is 4.79 Å². The molecule has 0 aromatic heterocycles. The maximum atomic E-state index is 11.9. The molecule has 1 aromatic carbocycles. The van der Waals surface area contributed by atoms with Crippen molar-refractivity contribution in [3.05, 3.63) is 35.4 Å². The SMILES string of the molecule is Cc1ccc(C(=O)OC2CCC[NH+](C)C2)cc1.[Cl-]. The van der Waals surface area contributed by atoms with Gasteiger partial charge in [-0.25, -0.2) is 4.79 Å². The number of aryl methyl sites for hydroxylation is 1. The Morgan fingerprint density at radius 3 is 2.61 bits per heavy atom. The molecule has 2 atom stereocenters. The Bertz CT molecular complexity index is 391. The summed E-state index contributed by atoms with van der Waals surface area (Å²) in [5.74, 6) is -0.190. The zero-order chi connectivity index (χ0) is 12.3. The number of ether oxygens (including phenoxy) is 1. The van der Waals surface area contributed by atoms with Crippen LogP contribution in [0.5, 0.6) is 0 Å². The van der Waals surface area contributed by atoms with E-state index in [0.29, 0.717) is 5.56 Å². The first kappa shape index (κ1) is 15.0. The molecule has 1 aliphatic heterocycles. The number of quaternary nitrogens is 1. The third kappa shape index (κ3) is 4.00. The average molecular weight is 270 g/mol. The number of hydrogen-bond acceptors (Lipinski definition) is 2. The number of rotatable bonds is 2. The largest absolute Gasteiger partial charge is 1.00 e. The van der Waals surface area contributed by atoms with Crippen molar-refractivity contribution in [3.63, 3.8) is 0 Å². The van der Waals surface area contributed by atoms with Crippen molar-refractivity contribution in [2.24, 2.45) is 0 Å². The highest BCUT2D eigenvalue weighted by molar-refractivity contribution is 5.89. The number of hydrogen-bond donors (Lipinski definition) is 1. The molecule has 2 rings (SSSR count). The molecule has 0 aliphatic carbocycles. The second-order valence-electron chi connectivity index (χ2n) is 4.95. The first-order valence-electron chi connectivity index (χ1n) is 6.24. The van der Waals surface area contributed by atoms with Crippen molar-refractivity contribution >= 4 is 5.97 Å². The fourth-order valence-corrected chi connectivity index (χ4v) is 2.23. The first-order valence-corrected chi connectivity index (χ1v) is 6.24. The minimum atomic E-state index is -0.190. The third-order valence-electron chi connectivity index (χ3n) is 3.27. The van der Waals surface area contributed by atoms with Gasteiger partial charge in [-0.1, -0.05) is 17.7 Å². The second kappa shape index (κ2) is 6.76. The number of carbonyl (C=O) groups excluding carboxylic acids is 1. The number of benzene rings is 1. The van der Waals surface area contributed by atoms with Gasteiger partial charge in [-0.2, -0.15) is 0 Å². The zero-order valence-corrected chi connectivity index (χ0v) is 11.7. The minimum absolute atomic E-state index is 0. The summed E-state index contributed by atoms with van der Waals surface area (Å²) in [5.41, 5.74) is 1.81. The maximum absolute atomic E-state index is 11.9. The fourth-order valence-electron chi connectivity index (χ4n) is 2.23. The Kier molecular flexibility index (Phi) is 5.63. The molecule has 4 heteroatoms. The summed E-state index contributed by atoms with van der Waals surface area (Å²) in [5, 5.41) is 0. The first-order chi connectivity index (χ1) is 8.15. The lowest BCUT2D eigenvalue weighted by Crippen LogP contribution is -3.11. The van der Waals surface area contributed by atoms with Crippen LogP contribution in [-0.4, -0.2) is 32.2 Å². The monoisotopic (exact) mass is 269 g/mol. The van der Waals surface area contributed by atoms with Gasteiger partial charge in [0.05, 0.1) is 19.2 Å². The van der Waals surface area contributed by atoms with Crippen LogP contribution in [0.2, 0.25) is 0 Å². The van der Waals surface area contributed by atoms with Crippen LogP contribution in [-0.2, 0) is 4.74 Å². The lowest BCUT2D eigenvalue weighted by molar-refractivity contribution is -0.888. The van der Waals surface area contributed by atoms with E-state index in [1.165, 1.54) is 11.4 Å². The summed E-state index contributed by atoms with van der Waals surface area (Å²) in [4.78, 5) is 13.3. The van der Waals surface area contributed by atoms with E-state index >= 15 is 0 Å². The molecule has 0 bridgehead atoms. The topological polar surface area (TPSA) is 30.7 Å². The number of esters is 1. The van der Waals surface area contributed by atoms with Gasteiger partial charge in [0.2, 0.25) is 0 Å². The van der Waals surface area contributed by atoms with Crippen LogP contribution in [0.3, 0.4) is 0 Å². The molecule has 0 spiro atoms. The summed E-state index contributed by atoms with van der Waals surface area (Å²) < 4.78 is 5.53. The highest BCUT2D eigenvalue weighted by Gasteiger charge is 2.23. The van der Waals surface area contributed by atoms with Crippen molar-refractivity contribution in [2.75, 3.05) is 20.1 Å². The molecule has 2 unspecified atom stereocenters. The molecule has 1 N–H and O–H groups in total. The van der Waals surface area contributed by atoms with Crippen LogP contribution in [0.1, 0.15) is 28.8 Å². The number of likely N-dealkylation sites (N-methyl/N-ethyl adjacent to an activating group) is 1. The van der Waals surface area contributed by atoms with Gasteiger partial charge in [-0.3, -0.25) is 0 Å². The van der Waals surface area contributed by atoms with Crippen LogP contribution in [0.4, 0.5) is 0 Å². The number of halogens is 1. The van der Waals surface area contributed by atoms with Gasteiger partial charge in [0.15, 0.2) is 6.10 Å². The molecular weight excluding hydrogens is 250 g/mol. The summed E-state index contributed by atoms with van der Waals surface area (Å²) >= 11 is 0. The fraction of sp³-hybridized carbons (Fsp3) is 0.500. The molecule has 100 valence electrons. The molecule has 18 heavy (non-hydrogen) atoms. The third-order valence-corrected chi connectivity index (χ3v) is 3.27. The van der Waals surface area contributed by atoms with Gasteiger partial charge >= 0.3 is 5.97 Å². The lowest BCUT2D eigenvalue weighted by atomic mass is 10.1. The Morgan fingerprint density at radius 1 is 1.33 bits per heavy atom. The molecule has 0 amide bonds. The predicted octanol–water partition coefficient (Wildman–Crippen LogP) is -2.17. The molecule has 1 fully saturated rings. The van der Waals surface area contributed by atoms with E-state index in [2.05, 4.69) is 7.05 Å². The summed E-state index contributed by atoms with van der Waals surface area (Å²) in [6.07, 6.45) is 2.21. The van der Waals surface area contributed by atoms with Crippen LogP contribution in [0.25, 0.3) is 0 Å². The van der Waals surface area contributed by atoms with Crippen molar-refractivity contribution in [1.82, 2.24) is 0 Å². The van der Waals surface area contributed by atoms with Crippen molar-refractivity contribution in [1.29, 1.82) is 0 Å². The summed E-state index contributed by atoms with van der Waals surface area (Å²) in [6.45, 7) is 4.12. The Balaban J connectivity index is 0.00000162. The van der Waals surface area contributed by atoms with E-state index in [1.807, 2.05) is 31.2 Å². The number of likely N-dealkylation sites (tertiary alicyclic amines) is 1. The highest BCUT2D eigenvalue weighted by Crippen LogP contribution is 2.09.